The molecule has 3 N–H and O–H groups in total. The topological polar surface area (TPSA) is 151 Å². The number of nitrogens with one attached hydrogen (secondary N) is 3. The van der Waals surface area contributed by atoms with Gasteiger partial charge in [-0.1, -0.05) is 58.0 Å². The van der Waals surface area contributed by atoms with E-state index in [1.165, 1.54) is 16.0 Å². The summed E-state index contributed by atoms with van der Waals surface area (Å²) in [6, 6.07) is 7.40. The van der Waals surface area contributed by atoms with Gasteiger partial charge in [-0.2, -0.15) is 18.3 Å². The molecule has 0 saturated heterocycles. The summed E-state index contributed by atoms with van der Waals surface area (Å²) < 4.78 is 40.7. The van der Waals surface area contributed by atoms with Crippen molar-refractivity contribution in [3.05, 3.63) is 63.6 Å². The average Bonchev–Trinajstić information content (AvgIpc) is 3.65. The Balaban J connectivity index is 1.76. The van der Waals surface area contributed by atoms with Gasteiger partial charge in [-0.15, -0.1) is 11.3 Å². The molecule has 2 bridgehead atoms. The molecular weight excluding hydrogens is 661 g/mol. The Morgan fingerprint density at radius 2 is 1.67 bits per heavy atom. The van der Waals surface area contributed by atoms with E-state index in [0.29, 0.717) is 29.5 Å². The second-order valence-corrected chi connectivity index (χ2v) is 13.9. The number of hydrogen-bond donors (Lipinski definition) is 3. The monoisotopic (exact) mass is 704 g/mol. The van der Waals surface area contributed by atoms with Crippen LogP contribution in [0.2, 0.25) is 0 Å². The van der Waals surface area contributed by atoms with Gasteiger partial charge in [0, 0.05) is 24.4 Å². The quantitative estimate of drug-likeness (QED) is 0.332. The summed E-state index contributed by atoms with van der Waals surface area (Å²) in [6.45, 7) is 8.15. The summed E-state index contributed by atoms with van der Waals surface area (Å²) in [5.41, 5.74) is 1.02. The van der Waals surface area contributed by atoms with Crippen LogP contribution in [0.3, 0.4) is 0 Å². The number of aryl methyl sites for hydroxylation is 1. The number of carbonyl (C=O) groups excluding carboxylic acids is 4. The molecule has 0 aliphatic carbocycles. The lowest BCUT2D eigenvalue weighted by Crippen LogP contribution is -2.51. The first-order chi connectivity index (χ1) is 23.1. The van der Waals surface area contributed by atoms with Crippen molar-refractivity contribution in [3.8, 4) is 0 Å². The van der Waals surface area contributed by atoms with Gasteiger partial charge in [0.05, 0.1) is 25.0 Å². The van der Waals surface area contributed by atoms with E-state index in [9.17, 15) is 32.3 Å². The lowest BCUT2D eigenvalue weighted by molar-refractivity contribution is -0.150. The lowest BCUT2D eigenvalue weighted by atomic mass is 10.0. The molecule has 4 amide bonds. The van der Waals surface area contributed by atoms with E-state index >= 15 is 0 Å². The second kappa shape index (κ2) is 16.4. The molecule has 1 aliphatic heterocycles. The molecule has 0 saturated carbocycles. The average molecular weight is 705 g/mol. The molecule has 3 heterocycles. The van der Waals surface area contributed by atoms with Crippen LogP contribution in [-0.4, -0.2) is 73.6 Å². The van der Waals surface area contributed by atoms with Gasteiger partial charge in [-0.3, -0.25) is 19.2 Å². The fourth-order valence-electron chi connectivity index (χ4n) is 5.50. The summed E-state index contributed by atoms with van der Waals surface area (Å²) in [4.78, 5) is 63.9. The van der Waals surface area contributed by atoms with Crippen LogP contribution in [-0.2, 0) is 27.3 Å². The Bertz CT molecular complexity index is 1610. The molecule has 3 aromatic rings. The fourth-order valence-corrected chi connectivity index (χ4v) is 6.37. The third-order valence-electron chi connectivity index (χ3n) is 7.97. The first-order valence-electron chi connectivity index (χ1n) is 16.2. The summed E-state index contributed by atoms with van der Waals surface area (Å²) in [6.07, 6.45) is -5.98. The van der Waals surface area contributed by atoms with Crippen molar-refractivity contribution >= 4 is 35.0 Å². The summed E-state index contributed by atoms with van der Waals surface area (Å²) in [5.74, 6) is -1.90. The smallest absolute Gasteiger partial charge is 0.350 e. The molecular formula is C33H43F3N8O4S. The molecule has 0 spiro atoms. The Hall–Kier alpha value is -4.34. The standard InChI is InChI=1S/C33H43F3N8O4S/c1-19(2)13-24-32-41-26(18-49-32)31(48)40-23(14-22-9-7-6-8-10-22)30-37-21(5)42-44(30)17-28(46)39-25(20(3)4)15-43(16-27(45)38-24)29(47)11-12-33(34,35)36/h6-10,18-20,23-25H,11-17H2,1-5H3,(H,38,45)(H,39,46)(H,40,48)/t23-,24-,25+/m0/s1. The maximum Gasteiger partial charge on any atom is 0.389 e. The van der Waals surface area contributed by atoms with Crippen LogP contribution in [0, 0.1) is 18.8 Å². The fraction of sp³-hybridized carbons (Fsp3) is 0.545. The number of aromatic nitrogens is 4. The number of nitrogens with zero attached hydrogens (tertiary/aromatic N) is 5. The maximum absolute atomic E-state index is 13.7. The van der Waals surface area contributed by atoms with Crippen molar-refractivity contribution < 1.29 is 32.3 Å². The highest BCUT2D eigenvalue weighted by atomic mass is 32.1. The predicted octanol–water partition coefficient (Wildman–Crippen LogP) is 4.29. The third-order valence-corrected chi connectivity index (χ3v) is 8.93. The van der Waals surface area contributed by atoms with Gasteiger partial charge < -0.3 is 20.9 Å². The van der Waals surface area contributed by atoms with Crippen LogP contribution in [0.5, 0.6) is 0 Å². The predicted molar refractivity (Wildman–Crippen MR) is 176 cm³/mol. The number of hydrogen-bond acceptors (Lipinski definition) is 8. The van der Waals surface area contributed by atoms with Crippen LogP contribution in [0.4, 0.5) is 13.2 Å². The molecule has 266 valence electrons. The summed E-state index contributed by atoms with van der Waals surface area (Å²) >= 11 is 1.19. The number of alkyl halides is 3. The van der Waals surface area contributed by atoms with Gasteiger partial charge >= 0.3 is 6.18 Å². The largest absolute Gasteiger partial charge is 0.389 e. The highest BCUT2D eigenvalue weighted by Crippen LogP contribution is 2.26. The first kappa shape index (κ1) is 37.5. The van der Waals surface area contributed by atoms with Crippen molar-refractivity contribution in [2.45, 2.75) is 91.1 Å². The zero-order chi connectivity index (χ0) is 35.9. The van der Waals surface area contributed by atoms with Crippen molar-refractivity contribution in [1.29, 1.82) is 0 Å². The summed E-state index contributed by atoms with van der Waals surface area (Å²) in [5, 5.41) is 15.3. The van der Waals surface area contributed by atoms with Crippen molar-refractivity contribution in [3.63, 3.8) is 0 Å². The molecule has 3 atom stereocenters. The molecule has 12 nitrogen and oxygen atoms in total. The molecule has 1 aromatic carbocycles. The zero-order valence-electron chi connectivity index (χ0n) is 28.2. The minimum Gasteiger partial charge on any atom is -0.350 e. The van der Waals surface area contributed by atoms with Gasteiger partial charge in [-0.05, 0) is 37.2 Å². The van der Waals surface area contributed by atoms with Crippen LogP contribution in [0.15, 0.2) is 35.7 Å². The zero-order valence-corrected chi connectivity index (χ0v) is 29.0. The molecule has 49 heavy (non-hydrogen) atoms. The maximum atomic E-state index is 13.7. The van der Waals surface area contributed by atoms with E-state index in [1.54, 1.807) is 26.2 Å². The molecule has 0 radical (unpaired) electrons. The van der Waals surface area contributed by atoms with Crippen molar-refractivity contribution in [2.24, 2.45) is 11.8 Å². The minimum atomic E-state index is -4.57. The second-order valence-electron chi connectivity index (χ2n) is 13.0. The first-order valence-corrected chi connectivity index (χ1v) is 17.1. The number of halogens is 3. The molecule has 16 heteroatoms. The molecule has 0 fully saturated rings. The van der Waals surface area contributed by atoms with Gasteiger partial charge in [0.15, 0.2) is 5.82 Å². The highest BCUT2D eigenvalue weighted by Gasteiger charge is 2.33. The Morgan fingerprint density at radius 3 is 2.33 bits per heavy atom. The van der Waals surface area contributed by atoms with E-state index in [0.717, 1.165) is 10.5 Å². The van der Waals surface area contributed by atoms with E-state index in [1.807, 2.05) is 44.2 Å². The van der Waals surface area contributed by atoms with E-state index in [4.69, 9.17) is 0 Å². The Kier molecular flexibility index (Phi) is 12.5. The number of fused-ring (bicyclic) bond motifs is 3. The molecule has 0 unspecified atom stereocenters. The van der Waals surface area contributed by atoms with Gasteiger partial charge in [0.25, 0.3) is 5.91 Å². The summed E-state index contributed by atoms with van der Waals surface area (Å²) in [7, 11) is 0. The molecule has 2 aromatic heterocycles. The molecule has 4 rings (SSSR count). The van der Waals surface area contributed by atoms with Crippen LogP contribution < -0.4 is 16.0 Å². The van der Waals surface area contributed by atoms with Crippen LogP contribution >= 0.6 is 11.3 Å². The number of carbonyl (C=O) groups is 4. The van der Waals surface area contributed by atoms with E-state index < -0.39 is 67.3 Å². The van der Waals surface area contributed by atoms with Crippen molar-refractivity contribution in [2.75, 3.05) is 13.1 Å². The van der Waals surface area contributed by atoms with Crippen LogP contribution in [0.25, 0.3) is 0 Å². The molecule has 1 aliphatic rings. The lowest BCUT2D eigenvalue weighted by Gasteiger charge is -2.31. The van der Waals surface area contributed by atoms with Crippen molar-refractivity contribution in [1.82, 2.24) is 40.6 Å². The van der Waals surface area contributed by atoms with E-state index in [-0.39, 0.29) is 30.6 Å². The van der Waals surface area contributed by atoms with E-state index in [2.05, 4.69) is 31.0 Å². The number of amides is 4. The SMILES string of the molecule is Cc1nc2n(n1)CC(=O)N[C@@H](C(C)C)CN(C(=O)CCC(F)(F)F)CC(=O)N[C@@H](CC(C)C)c1nc(cs1)C(=O)N[C@H]2Cc1ccccc1. The van der Waals surface area contributed by atoms with Gasteiger partial charge in [0.1, 0.15) is 23.1 Å². The van der Waals surface area contributed by atoms with Gasteiger partial charge in [0.2, 0.25) is 17.7 Å². The number of rotatable bonds is 7. The highest BCUT2D eigenvalue weighted by molar-refractivity contribution is 7.09. The minimum absolute atomic E-state index is 0.0965. The number of thiazole rings is 1. The Labute approximate surface area is 287 Å². The third kappa shape index (κ3) is 11.1. The Morgan fingerprint density at radius 1 is 0.980 bits per heavy atom. The normalized spacial score (nSPS) is 19.9. The van der Waals surface area contributed by atoms with Gasteiger partial charge in [-0.25, -0.2) is 14.6 Å². The number of benzene rings is 1. The van der Waals surface area contributed by atoms with Crippen LogP contribution in [0.1, 0.15) is 91.7 Å².